The summed E-state index contributed by atoms with van der Waals surface area (Å²) >= 11 is 0. The molecule has 0 saturated heterocycles. The molecule has 0 aromatic heterocycles. The molecule has 0 N–H and O–H groups in total. The Bertz CT molecular complexity index is 1300. The molecule has 5 rings (SSSR count). The van der Waals surface area contributed by atoms with E-state index in [1.807, 2.05) is 32.1 Å². The molecular formula is C47H74O5. The predicted molar refractivity (Wildman–Crippen MR) is 213 cm³/mol. The lowest BCUT2D eigenvalue weighted by Gasteiger charge is -2.61. The van der Waals surface area contributed by atoms with E-state index in [4.69, 9.17) is 14.2 Å². The van der Waals surface area contributed by atoms with Crippen molar-refractivity contribution in [2.24, 2.45) is 58.2 Å². The number of carbonyl (C=O) groups is 2. The number of rotatable bonds is 18. The number of esters is 2. The highest BCUT2D eigenvalue weighted by Gasteiger charge is 2.60. The maximum absolute atomic E-state index is 12.3. The summed E-state index contributed by atoms with van der Waals surface area (Å²) in [6, 6.07) is 8.17. The lowest BCUT2D eigenvalue weighted by molar-refractivity contribution is -0.148. The van der Waals surface area contributed by atoms with Gasteiger partial charge in [0.15, 0.2) is 0 Å². The molecular weight excluding hydrogens is 645 g/mol. The van der Waals surface area contributed by atoms with E-state index in [9.17, 15) is 9.59 Å². The molecule has 4 saturated carbocycles. The van der Waals surface area contributed by atoms with Crippen LogP contribution in [0.2, 0.25) is 0 Å². The predicted octanol–water partition coefficient (Wildman–Crippen LogP) is 12.3. The second-order valence-corrected chi connectivity index (χ2v) is 18.7. The van der Waals surface area contributed by atoms with Crippen LogP contribution in [-0.2, 0) is 19.1 Å². The Kier molecular flexibility index (Phi) is 14.8. The summed E-state index contributed by atoms with van der Waals surface area (Å²) in [6.07, 6.45) is 24.5. The molecule has 0 heterocycles. The molecule has 10 unspecified atom stereocenters. The topological polar surface area (TPSA) is 61.8 Å². The van der Waals surface area contributed by atoms with Crippen molar-refractivity contribution in [2.75, 3.05) is 13.2 Å². The van der Waals surface area contributed by atoms with E-state index >= 15 is 0 Å². The van der Waals surface area contributed by atoms with Crippen molar-refractivity contribution in [1.29, 1.82) is 0 Å². The largest absolute Gasteiger partial charge is 0.490 e. The molecule has 1 aromatic rings. The van der Waals surface area contributed by atoms with Crippen molar-refractivity contribution in [3.8, 4) is 5.75 Å². The number of carbonyl (C=O) groups excluding carboxylic acids is 2. The van der Waals surface area contributed by atoms with Crippen LogP contribution in [0, 0.1) is 58.2 Å². The summed E-state index contributed by atoms with van der Waals surface area (Å²) in [5.41, 5.74) is 2.00. The normalized spacial score (nSPS) is 32.5. The van der Waals surface area contributed by atoms with Crippen LogP contribution in [0.3, 0.4) is 0 Å². The smallest absolute Gasteiger partial charge is 0.330 e. The molecule has 0 radical (unpaired) electrons. The Morgan fingerprint density at radius 1 is 0.788 bits per heavy atom. The first kappa shape index (κ1) is 40.9. The van der Waals surface area contributed by atoms with Crippen molar-refractivity contribution in [3.05, 3.63) is 35.9 Å². The number of unbranched alkanes of at least 4 members (excludes halogenated alkanes) is 3. The first-order chi connectivity index (χ1) is 24.9. The molecule has 5 heteroatoms. The standard InChI is InChI=1S/C47H74O5/c1-8-34(4)45(49)51-31-12-10-9-11-30-50-44(48)25-18-36-16-20-38(21-17-36)52-39-26-28-46(6)37(32-39)19-22-40-42-24-23-41(35(5)15-13-14-33(2)3)47(42,7)29-27-43(40)46/h16-18,20-21,25,33-35,37,39-43H,8-15,19,22-24,26-32H2,1-7H3/b25-18+. The van der Waals surface area contributed by atoms with Gasteiger partial charge in [-0.1, -0.05) is 79.9 Å². The highest BCUT2D eigenvalue weighted by atomic mass is 16.5. The van der Waals surface area contributed by atoms with Crippen molar-refractivity contribution >= 4 is 18.0 Å². The van der Waals surface area contributed by atoms with Gasteiger partial charge >= 0.3 is 11.9 Å². The maximum atomic E-state index is 12.3. The van der Waals surface area contributed by atoms with Crippen molar-refractivity contribution in [3.63, 3.8) is 0 Å². The van der Waals surface area contributed by atoms with Crippen LogP contribution in [0.4, 0.5) is 0 Å². The van der Waals surface area contributed by atoms with Gasteiger partial charge in [-0.15, -0.1) is 0 Å². The second kappa shape index (κ2) is 18.8. The van der Waals surface area contributed by atoms with Crippen LogP contribution >= 0.6 is 0 Å². The zero-order valence-electron chi connectivity index (χ0n) is 34.1. The minimum Gasteiger partial charge on any atom is -0.490 e. The first-order valence-electron chi connectivity index (χ1n) is 21.7. The maximum Gasteiger partial charge on any atom is 0.330 e. The van der Waals surface area contributed by atoms with E-state index in [2.05, 4.69) is 46.8 Å². The van der Waals surface area contributed by atoms with Crippen molar-refractivity contribution < 1.29 is 23.8 Å². The molecule has 1 aromatic carbocycles. The molecule has 0 aliphatic heterocycles. The van der Waals surface area contributed by atoms with Gasteiger partial charge in [0.25, 0.3) is 0 Å². The third-order valence-corrected chi connectivity index (χ3v) is 15.0. The molecule has 0 bridgehead atoms. The zero-order chi connectivity index (χ0) is 37.3. The van der Waals surface area contributed by atoms with Crippen LogP contribution in [0.15, 0.2) is 30.3 Å². The highest BCUT2D eigenvalue weighted by Crippen LogP contribution is 2.68. The monoisotopic (exact) mass is 719 g/mol. The Labute approximate surface area is 317 Å². The third-order valence-electron chi connectivity index (χ3n) is 15.0. The quantitative estimate of drug-likeness (QED) is 0.0859. The Morgan fingerprint density at radius 3 is 2.19 bits per heavy atom. The zero-order valence-corrected chi connectivity index (χ0v) is 34.1. The summed E-state index contributed by atoms with van der Waals surface area (Å²) in [6.45, 7) is 17.5. The summed E-state index contributed by atoms with van der Waals surface area (Å²) in [5.74, 6) is 6.67. The minimum absolute atomic E-state index is 0.0329. The molecule has 292 valence electrons. The van der Waals surface area contributed by atoms with Gasteiger partial charge in [0.05, 0.1) is 25.2 Å². The first-order valence-corrected chi connectivity index (χ1v) is 21.7. The van der Waals surface area contributed by atoms with Gasteiger partial charge in [0.2, 0.25) is 0 Å². The minimum atomic E-state index is -0.315. The number of fused-ring (bicyclic) bond motifs is 5. The number of ether oxygens (including phenoxy) is 3. The van der Waals surface area contributed by atoms with Crippen LogP contribution in [-0.4, -0.2) is 31.3 Å². The van der Waals surface area contributed by atoms with Gasteiger partial charge in [-0.05, 0) is 166 Å². The highest BCUT2D eigenvalue weighted by molar-refractivity contribution is 5.87. The van der Waals surface area contributed by atoms with Crippen LogP contribution in [0.25, 0.3) is 6.08 Å². The fourth-order valence-corrected chi connectivity index (χ4v) is 11.6. The van der Waals surface area contributed by atoms with Gasteiger partial charge < -0.3 is 14.2 Å². The summed E-state index contributed by atoms with van der Waals surface area (Å²) in [7, 11) is 0. The molecule has 0 amide bonds. The van der Waals surface area contributed by atoms with Gasteiger partial charge in [-0.3, -0.25) is 4.79 Å². The van der Waals surface area contributed by atoms with Crippen LogP contribution < -0.4 is 4.74 Å². The average molecular weight is 719 g/mol. The summed E-state index contributed by atoms with van der Waals surface area (Å²) in [5, 5.41) is 0. The fourth-order valence-electron chi connectivity index (χ4n) is 11.6. The Hall–Kier alpha value is -2.30. The molecule has 5 nitrogen and oxygen atoms in total. The molecule has 4 aliphatic rings. The Morgan fingerprint density at radius 2 is 1.48 bits per heavy atom. The van der Waals surface area contributed by atoms with Crippen molar-refractivity contribution in [2.45, 2.75) is 164 Å². The molecule has 4 aliphatic carbocycles. The summed E-state index contributed by atoms with van der Waals surface area (Å²) in [4.78, 5) is 24.0. The second-order valence-electron chi connectivity index (χ2n) is 18.7. The van der Waals surface area contributed by atoms with Crippen LogP contribution in [0.5, 0.6) is 5.75 Å². The van der Waals surface area contributed by atoms with E-state index in [0.717, 1.165) is 91.3 Å². The molecule has 0 spiro atoms. The van der Waals surface area contributed by atoms with E-state index < -0.39 is 0 Å². The summed E-state index contributed by atoms with van der Waals surface area (Å²) < 4.78 is 17.3. The molecule has 52 heavy (non-hydrogen) atoms. The van der Waals surface area contributed by atoms with Gasteiger partial charge in [-0.25, -0.2) is 4.79 Å². The van der Waals surface area contributed by atoms with Gasteiger partial charge in [0, 0.05) is 6.08 Å². The average Bonchev–Trinajstić information content (AvgIpc) is 3.49. The molecule has 10 atom stereocenters. The number of hydrogen-bond donors (Lipinski definition) is 0. The number of hydrogen-bond acceptors (Lipinski definition) is 5. The van der Waals surface area contributed by atoms with Gasteiger partial charge in [-0.2, -0.15) is 0 Å². The number of benzene rings is 1. The van der Waals surface area contributed by atoms with E-state index in [-0.39, 0.29) is 17.9 Å². The Balaban J connectivity index is 1.02. The lowest BCUT2D eigenvalue weighted by Crippen LogP contribution is -2.54. The van der Waals surface area contributed by atoms with E-state index in [0.29, 0.717) is 30.1 Å². The van der Waals surface area contributed by atoms with Crippen molar-refractivity contribution in [1.82, 2.24) is 0 Å². The fraction of sp³-hybridized carbons (Fsp3) is 0.787. The van der Waals surface area contributed by atoms with Crippen LogP contribution in [0.1, 0.15) is 163 Å². The van der Waals surface area contributed by atoms with Gasteiger partial charge in [0.1, 0.15) is 5.75 Å². The third kappa shape index (κ3) is 10.1. The molecule has 4 fully saturated rings. The van der Waals surface area contributed by atoms with E-state index in [1.54, 1.807) is 0 Å². The lowest BCUT2D eigenvalue weighted by atomic mass is 9.44. The SMILES string of the molecule is CCC(C)C(=O)OCCCCCCOC(=O)/C=C/c1ccc(OC2CCC3(C)C(CCC4C3CCC3(C)C(C(C)CCCC(C)C)CCC43)C2)cc1. The van der Waals surface area contributed by atoms with E-state index in [1.165, 1.54) is 76.7 Å².